The molecule has 3 N–H and O–H groups in total. The van der Waals surface area contributed by atoms with E-state index in [0.717, 1.165) is 16.8 Å². The van der Waals surface area contributed by atoms with Crippen LogP contribution in [0, 0.1) is 0 Å². The van der Waals surface area contributed by atoms with E-state index in [9.17, 15) is 24.4 Å². The van der Waals surface area contributed by atoms with Crippen LogP contribution >= 0.6 is 8.25 Å². The molecule has 0 spiro atoms. The molecule has 0 aliphatic carbocycles. The maximum Gasteiger partial charge on any atom is 0.750 e. The van der Waals surface area contributed by atoms with Crippen LogP contribution in [0.3, 0.4) is 0 Å². The molecule has 0 radical (unpaired) electrons. The van der Waals surface area contributed by atoms with Gasteiger partial charge in [0.2, 0.25) is 5.72 Å². The maximum absolute atomic E-state index is 12.6. The van der Waals surface area contributed by atoms with Crippen LogP contribution in [0.4, 0.5) is 0 Å². The third-order valence-corrected chi connectivity index (χ3v) is 6.04. The molecule has 1 aliphatic rings. The Balaban J connectivity index is 1.55. The van der Waals surface area contributed by atoms with E-state index >= 15 is 0 Å². The number of aliphatic hydroxyl groups is 2. The second-order valence-electron chi connectivity index (χ2n) is 7.40. The van der Waals surface area contributed by atoms with Gasteiger partial charge in [0.25, 0.3) is 5.56 Å². The lowest BCUT2D eigenvalue weighted by atomic mass is 10.1. The highest BCUT2D eigenvalue weighted by Crippen LogP contribution is 2.42. The Morgan fingerprint density at radius 3 is 2.54 bits per heavy atom. The third-order valence-electron chi connectivity index (χ3n) is 5.36. The molecule has 2 heterocycles. The number of aromatic amines is 1. The predicted molar refractivity (Wildman–Crippen MR) is 120 cm³/mol. The first-order valence-corrected chi connectivity index (χ1v) is 11.1. The Kier molecular flexibility index (Phi) is 6.85. The minimum atomic E-state index is -2.88. The number of fused-ring (bicyclic) bond motifs is 1. The van der Waals surface area contributed by atoms with Gasteiger partial charge >= 0.3 is 13.9 Å². The van der Waals surface area contributed by atoms with Gasteiger partial charge in [-0.15, -0.1) is 4.52 Å². The van der Waals surface area contributed by atoms with Crippen LogP contribution in [-0.4, -0.2) is 51.4 Å². The first kappa shape index (κ1) is 24.4. The Labute approximate surface area is 196 Å². The van der Waals surface area contributed by atoms with Crippen LogP contribution in [0.15, 0.2) is 63.4 Å². The molecule has 1 aliphatic heterocycles. The largest absolute Gasteiger partial charge is 0.750 e. The van der Waals surface area contributed by atoms with E-state index in [1.807, 2.05) is 4.98 Å². The zero-order valence-electron chi connectivity index (χ0n) is 18.0. The number of hydrogen-bond acceptors (Lipinski definition) is 10. The highest BCUT2D eigenvalue weighted by atomic mass is 31.1. The van der Waals surface area contributed by atoms with Gasteiger partial charge in [-0.1, -0.05) is 29.4 Å². The van der Waals surface area contributed by atoms with Crippen LogP contribution in [-0.2, 0) is 13.8 Å². The predicted octanol–water partition coefficient (Wildman–Crippen LogP) is 1.71. The number of rotatable bonds is 8. The number of nitrogens with zero attached hydrogens (tertiary/aromatic N) is 4. The third kappa shape index (κ3) is 4.62. The van der Waals surface area contributed by atoms with E-state index in [1.54, 1.807) is 30.3 Å². The molecule has 0 bridgehead atoms. The number of nitrogens with one attached hydrogen (secondary N) is 1. The van der Waals surface area contributed by atoms with Crippen molar-refractivity contribution in [1.82, 2.24) is 9.55 Å². The van der Waals surface area contributed by atoms with Crippen LogP contribution in [0.5, 0.6) is 11.5 Å². The summed E-state index contributed by atoms with van der Waals surface area (Å²) in [6.45, 7) is -0.798. The van der Waals surface area contributed by atoms with Crippen molar-refractivity contribution < 1.29 is 33.3 Å². The van der Waals surface area contributed by atoms with E-state index in [1.165, 1.54) is 13.2 Å². The molecule has 1 saturated heterocycles. The van der Waals surface area contributed by atoms with E-state index < -0.39 is 50.3 Å². The number of aromatic nitrogens is 2. The fourth-order valence-electron chi connectivity index (χ4n) is 3.68. The number of benzene rings is 2. The minimum absolute atomic E-state index is 0.214. The molecule has 5 atom stereocenters. The van der Waals surface area contributed by atoms with Gasteiger partial charge in [-0.3, -0.25) is 14.3 Å². The molecule has 0 amide bonds. The summed E-state index contributed by atoms with van der Waals surface area (Å²) in [4.78, 5) is 28.0. The van der Waals surface area contributed by atoms with Crippen LogP contribution in [0.2, 0.25) is 0 Å². The van der Waals surface area contributed by atoms with Crippen molar-refractivity contribution in [1.29, 1.82) is 0 Å². The van der Waals surface area contributed by atoms with Crippen LogP contribution in [0.1, 0.15) is 6.23 Å². The van der Waals surface area contributed by atoms with Crippen molar-refractivity contribution >= 4 is 19.0 Å². The molecule has 1 unspecified atom stereocenters. The topological polar surface area (TPSA) is 198 Å². The van der Waals surface area contributed by atoms with Crippen LogP contribution < -0.4 is 20.5 Å². The standard InChI is InChI=1S/C20H18N5O9P/c1-31-13-6-7-14(12-5-3-2-4-11(12)13)34-35(30)32-10-20(23-24-21)17(28)16(27)18(33-20)25-9-8-15(26)22-19(25)29/h2-9,16-18,27-28H,10H2,1H3/p+1/t16-,17+,18-,20-/m1/s1. The zero-order valence-corrected chi connectivity index (χ0v) is 18.9. The number of hydrogen-bond donors (Lipinski definition) is 3. The maximum atomic E-state index is 12.6. The van der Waals surface area contributed by atoms with Crippen molar-refractivity contribution in [2.75, 3.05) is 13.7 Å². The first-order valence-electron chi connectivity index (χ1n) is 10.0. The lowest BCUT2D eigenvalue weighted by Crippen LogP contribution is -2.44. The summed E-state index contributed by atoms with van der Waals surface area (Å²) in [5.74, 6) is 0.789. The molecule has 4 rings (SSSR count). The normalized spacial score (nSPS) is 24.1. The second-order valence-corrected chi connectivity index (χ2v) is 8.28. The molecular formula is C20H19N5O9P+. The smallest absolute Gasteiger partial charge is 0.496 e. The summed E-state index contributed by atoms with van der Waals surface area (Å²) in [6, 6.07) is 11.2. The Bertz CT molecular complexity index is 1440. The van der Waals surface area contributed by atoms with Gasteiger partial charge in [-0.05, 0) is 17.7 Å². The van der Waals surface area contributed by atoms with Gasteiger partial charge in [-0.25, -0.2) is 9.32 Å². The summed E-state index contributed by atoms with van der Waals surface area (Å²) in [7, 11) is -1.37. The number of azide groups is 1. The molecule has 15 heteroatoms. The van der Waals surface area contributed by atoms with E-state index in [2.05, 4.69) is 10.0 Å². The zero-order chi connectivity index (χ0) is 25.2. The average molecular weight is 504 g/mol. The minimum Gasteiger partial charge on any atom is -0.496 e. The molecule has 2 aromatic carbocycles. The monoisotopic (exact) mass is 504 g/mol. The molecule has 1 fully saturated rings. The van der Waals surface area contributed by atoms with Crippen molar-refractivity contribution in [3.8, 4) is 11.5 Å². The van der Waals surface area contributed by atoms with E-state index in [0.29, 0.717) is 16.5 Å². The molecule has 0 saturated carbocycles. The lowest BCUT2D eigenvalue weighted by molar-refractivity contribution is -0.120. The first-order chi connectivity index (χ1) is 16.8. The number of ether oxygens (including phenoxy) is 2. The van der Waals surface area contributed by atoms with E-state index in [-0.39, 0.29) is 5.75 Å². The van der Waals surface area contributed by atoms with Crippen molar-refractivity contribution in [2.24, 2.45) is 5.11 Å². The highest BCUT2D eigenvalue weighted by molar-refractivity contribution is 7.33. The van der Waals surface area contributed by atoms with Crippen molar-refractivity contribution in [3.63, 3.8) is 0 Å². The Hall–Kier alpha value is -3.77. The molecule has 3 aromatic rings. The second kappa shape index (κ2) is 9.84. The van der Waals surface area contributed by atoms with Gasteiger partial charge < -0.3 is 19.7 Å². The van der Waals surface area contributed by atoms with Crippen molar-refractivity contribution in [3.05, 3.63) is 79.9 Å². The Morgan fingerprint density at radius 1 is 1.20 bits per heavy atom. The fraction of sp³-hybridized carbons (Fsp3) is 0.300. The van der Waals surface area contributed by atoms with E-state index in [4.69, 9.17) is 24.1 Å². The van der Waals surface area contributed by atoms with Crippen molar-refractivity contribution in [2.45, 2.75) is 24.2 Å². The number of H-pyrrole nitrogens is 1. The highest BCUT2D eigenvalue weighted by Gasteiger charge is 2.57. The molecule has 14 nitrogen and oxygen atoms in total. The quantitative estimate of drug-likeness (QED) is 0.177. The van der Waals surface area contributed by atoms with Gasteiger partial charge in [0.05, 0.1) is 7.11 Å². The lowest BCUT2D eigenvalue weighted by Gasteiger charge is -2.23. The summed E-state index contributed by atoms with van der Waals surface area (Å²) in [5, 5.41) is 25.7. The fourth-order valence-corrected chi connectivity index (χ4v) is 4.34. The number of aliphatic hydroxyl groups excluding tert-OH is 2. The average Bonchev–Trinajstić information content (AvgIpc) is 3.09. The number of methoxy groups -OCH3 is 1. The van der Waals surface area contributed by atoms with Crippen LogP contribution in [0.25, 0.3) is 21.2 Å². The van der Waals surface area contributed by atoms with Gasteiger partial charge in [0, 0.05) is 32.5 Å². The molecular weight excluding hydrogens is 485 g/mol. The van der Waals surface area contributed by atoms with Gasteiger partial charge in [-0.2, -0.15) is 0 Å². The van der Waals surface area contributed by atoms with Gasteiger partial charge in [0.15, 0.2) is 12.0 Å². The van der Waals surface area contributed by atoms with Gasteiger partial charge in [0.1, 0.15) is 24.6 Å². The SMILES string of the molecule is COc1ccc(O[P+](=O)OC[C@@]2(N=[N+]=[N-])O[C@@H](n3ccc(=O)[nH]c3=O)[C@H](O)[C@@H]2O)c2ccccc12. The molecule has 182 valence electrons. The summed E-state index contributed by atoms with van der Waals surface area (Å²) >= 11 is 0. The molecule has 35 heavy (non-hydrogen) atoms. The molecule has 1 aromatic heterocycles. The summed E-state index contributed by atoms with van der Waals surface area (Å²) in [5.41, 5.74) is 5.12. The summed E-state index contributed by atoms with van der Waals surface area (Å²) in [6.07, 6.45) is -4.16. The summed E-state index contributed by atoms with van der Waals surface area (Å²) < 4.78 is 34.8. The Morgan fingerprint density at radius 2 is 1.89 bits per heavy atom.